The zero-order valence-corrected chi connectivity index (χ0v) is 10.8. The number of carbonyl (C=O) groups is 1. The summed E-state index contributed by atoms with van der Waals surface area (Å²) in [6, 6.07) is 20.3. The van der Waals surface area contributed by atoms with Gasteiger partial charge >= 0.3 is 0 Å². The molecule has 0 saturated carbocycles. The SMILES string of the molecule is Cc1ccccc1-c1c(C=O)ccc2ccccc12. The van der Waals surface area contributed by atoms with Gasteiger partial charge in [0, 0.05) is 11.1 Å². The molecule has 92 valence electrons. The van der Waals surface area contributed by atoms with E-state index in [-0.39, 0.29) is 0 Å². The summed E-state index contributed by atoms with van der Waals surface area (Å²) in [5.74, 6) is 0. The molecule has 3 aromatic carbocycles. The lowest BCUT2D eigenvalue weighted by molar-refractivity contribution is 0.112. The summed E-state index contributed by atoms with van der Waals surface area (Å²) >= 11 is 0. The number of rotatable bonds is 2. The van der Waals surface area contributed by atoms with E-state index in [2.05, 4.69) is 31.2 Å². The van der Waals surface area contributed by atoms with Crippen molar-refractivity contribution < 1.29 is 4.79 Å². The zero-order chi connectivity index (χ0) is 13.2. The van der Waals surface area contributed by atoms with Crippen LogP contribution in [0.4, 0.5) is 0 Å². The van der Waals surface area contributed by atoms with Crippen molar-refractivity contribution in [2.75, 3.05) is 0 Å². The van der Waals surface area contributed by atoms with Crippen molar-refractivity contribution in [3.63, 3.8) is 0 Å². The molecule has 0 N–H and O–H groups in total. The Morgan fingerprint density at radius 1 is 0.842 bits per heavy atom. The van der Waals surface area contributed by atoms with Gasteiger partial charge in [-0.1, -0.05) is 60.7 Å². The fraction of sp³-hybridized carbons (Fsp3) is 0.0556. The maximum atomic E-state index is 11.4. The topological polar surface area (TPSA) is 17.1 Å². The van der Waals surface area contributed by atoms with Crippen LogP contribution in [0.3, 0.4) is 0 Å². The second-order valence-corrected chi connectivity index (χ2v) is 4.68. The summed E-state index contributed by atoms with van der Waals surface area (Å²) in [5, 5.41) is 2.28. The van der Waals surface area contributed by atoms with E-state index in [4.69, 9.17) is 0 Å². The molecule has 0 radical (unpaired) electrons. The molecule has 3 aromatic rings. The van der Waals surface area contributed by atoms with Gasteiger partial charge in [0.1, 0.15) is 0 Å². The van der Waals surface area contributed by atoms with Crippen LogP contribution in [0.5, 0.6) is 0 Å². The molecule has 1 nitrogen and oxygen atoms in total. The maximum Gasteiger partial charge on any atom is 0.150 e. The summed E-state index contributed by atoms with van der Waals surface area (Å²) in [6.45, 7) is 2.08. The van der Waals surface area contributed by atoms with Gasteiger partial charge in [0.15, 0.2) is 6.29 Å². The molecule has 0 fully saturated rings. The summed E-state index contributed by atoms with van der Waals surface area (Å²) in [4.78, 5) is 11.4. The molecule has 0 atom stereocenters. The van der Waals surface area contributed by atoms with Crippen molar-refractivity contribution >= 4 is 17.1 Å². The van der Waals surface area contributed by atoms with Crippen molar-refractivity contribution in [1.29, 1.82) is 0 Å². The number of aldehydes is 1. The molecule has 1 heteroatoms. The quantitative estimate of drug-likeness (QED) is 0.602. The second kappa shape index (κ2) is 4.69. The number of benzene rings is 3. The van der Waals surface area contributed by atoms with Crippen LogP contribution < -0.4 is 0 Å². The minimum Gasteiger partial charge on any atom is -0.298 e. The Morgan fingerprint density at radius 3 is 2.37 bits per heavy atom. The molecule has 19 heavy (non-hydrogen) atoms. The van der Waals surface area contributed by atoms with E-state index < -0.39 is 0 Å². The normalized spacial score (nSPS) is 10.6. The van der Waals surface area contributed by atoms with Crippen LogP contribution in [0.2, 0.25) is 0 Å². The summed E-state index contributed by atoms with van der Waals surface area (Å²) < 4.78 is 0. The first kappa shape index (κ1) is 11.7. The van der Waals surface area contributed by atoms with Gasteiger partial charge in [0.2, 0.25) is 0 Å². The van der Waals surface area contributed by atoms with Gasteiger partial charge < -0.3 is 0 Å². The molecule has 0 aliphatic heterocycles. The van der Waals surface area contributed by atoms with Gasteiger partial charge in [0.25, 0.3) is 0 Å². The Kier molecular flexibility index (Phi) is 2.88. The minimum atomic E-state index is 0.744. The highest BCUT2D eigenvalue weighted by Crippen LogP contribution is 2.33. The van der Waals surface area contributed by atoms with E-state index in [0.29, 0.717) is 0 Å². The highest BCUT2D eigenvalue weighted by Gasteiger charge is 2.10. The smallest absolute Gasteiger partial charge is 0.150 e. The van der Waals surface area contributed by atoms with Crippen LogP contribution in [0.15, 0.2) is 60.7 Å². The Balaban J connectivity index is 2.44. The van der Waals surface area contributed by atoms with E-state index in [1.54, 1.807) is 0 Å². The van der Waals surface area contributed by atoms with E-state index in [1.165, 1.54) is 5.56 Å². The molecular weight excluding hydrogens is 232 g/mol. The largest absolute Gasteiger partial charge is 0.298 e. The Bertz CT molecular complexity index is 756. The van der Waals surface area contributed by atoms with Gasteiger partial charge in [-0.2, -0.15) is 0 Å². The summed E-state index contributed by atoms with van der Waals surface area (Å²) in [5.41, 5.74) is 4.09. The zero-order valence-electron chi connectivity index (χ0n) is 10.8. The van der Waals surface area contributed by atoms with E-state index in [9.17, 15) is 4.79 Å². The van der Waals surface area contributed by atoms with Gasteiger partial charge in [-0.3, -0.25) is 4.79 Å². The number of aryl methyl sites for hydroxylation is 1. The van der Waals surface area contributed by atoms with E-state index in [0.717, 1.165) is 33.7 Å². The van der Waals surface area contributed by atoms with Crippen LogP contribution in [-0.4, -0.2) is 6.29 Å². The summed E-state index contributed by atoms with van der Waals surface area (Å²) in [7, 11) is 0. The predicted molar refractivity (Wildman–Crippen MR) is 79.5 cm³/mol. The van der Waals surface area contributed by atoms with Crippen molar-refractivity contribution in [2.45, 2.75) is 6.92 Å². The van der Waals surface area contributed by atoms with Crippen molar-refractivity contribution in [2.24, 2.45) is 0 Å². The molecule has 0 spiro atoms. The van der Waals surface area contributed by atoms with Gasteiger partial charge in [0.05, 0.1) is 0 Å². The van der Waals surface area contributed by atoms with Crippen molar-refractivity contribution in [1.82, 2.24) is 0 Å². The molecule has 0 aliphatic rings. The van der Waals surface area contributed by atoms with Crippen molar-refractivity contribution in [3.05, 3.63) is 71.8 Å². The molecule has 0 aromatic heterocycles. The van der Waals surface area contributed by atoms with Crippen LogP contribution in [0.25, 0.3) is 21.9 Å². The number of carbonyl (C=O) groups excluding carboxylic acids is 1. The number of fused-ring (bicyclic) bond motifs is 1. The first-order valence-electron chi connectivity index (χ1n) is 6.34. The second-order valence-electron chi connectivity index (χ2n) is 4.68. The van der Waals surface area contributed by atoms with Crippen LogP contribution >= 0.6 is 0 Å². The minimum absolute atomic E-state index is 0.744. The third-order valence-electron chi connectivity index (χ3n) is 3.50. The molecule has 3 rings (SSSR count). The molecule has 0 bridgehead atoms. The Morgan fingerprint density at radius 2 is 1.58 bits per heavy atom. The monoisotopic (exact) mass is 246 g/mol. The lowest BCUT2D eigenvalue weighted by Crippen LogP contribution is -1.91. The fourth-order valence-electron chi connectivity index (χ4n) is 2.54. The van der Waals surface area contributed by atoms with Crippen LogP contribution in [0.1, 0.15) is 15.9 Å². The Hall–Kier alpha value is -2.41. The standard InChI is InChI=1S/C18H14O/c1-13-6-2-4-8-16(13)18-15(12-19)11-10-14-7-3-5-9-17(14)18/h2-12H,1H3. The fourth-order valence-corrected chi connectivity index (χ4v) is 2.54. The average Bonchev–Trinajstić information content (AvgIpc) is 2.47. The third-order valence-corrected chi connectivity index (χ3v) is 3.50. The molecule has 0 saturated heterocycles. The average molecular weight is 246 g/mol. The third kappa shape index (κ3) is 1.93. The lowest BCUT2D eigenvalue weighted by Gasteiger charge is -2.12. The lowest BCUT2D eigenvalue weighted by atomic mass is 9.91. The number of hydrogen-bond donors (Lipinski definition) is 0. The van der Waals surface area contributed by atoms with E-state index in [1.807, 2.05) is 36.4 Å². The first-order valence-corrected chi connectivity index (χ1v) is 6.34. The molecule has 0 unspecified atom stereocenters. The number of hydrogen-bond acceptors (Lipinski definition) is 1. The van der Waals surface area contributed by atoms with Crippen LogP contribution in [0, 0.1) is 6.92 Å². The highest BCUT2D eigenvalue weighted by atomic mass is 16.1. The molecule has 0 amide bonds. The molecular formula is C18H14O. The Labute approximate surface area is 112 Å². The maximum absolute atomic E-state index is 11.4. The summed E-state index contributed by atoms with van der Waals surface area (Å²) in [6.07, 6.45) is 0.939. The van der Waals surface area contributed by atoms with Gasteiger partial charge in [-0.15, -0.1) is 0 Å². The molecule has 0 heterocycles. The highest BCUT2D eigenvalue weighted by molar-refractivity contribution is 6.04. The van der Waals surface area contributed by atoms with Crippen molar-refractivity contribution in [3.8, 4) is 11.1 Å². The molecule has 0 aliphatic carbocycles. The predicted octanol–water partition coefficient (Wildman–Crippen LogP) is 4.63. The van der Waals surface area contributed by atoms with Crippen LogP contribution in [-0.2, 0) is 0 Å². The van der Waals surface area contributed by atoms with E-state index >= 15 is 0 Å². The first-order chi connectivity index (χ1) is 9.31. The van der Waals surface area contributed by atoms with Gasteiger partial charge in [-0.25, -0.2) is 0 Å². The van der Waals surface area contributed by atoms with Gasteiger partial charge in [-0.05, 0) is 28.8 Å².